The fourth-order valence-electron chi connectivity index (χ4n) is 7.16. The number of carboxylic acid groups (broad SMARTS) is 1. The number of alkyl halides is 3. The quantitative estimate of drug-likeness (QED) is 0.0597. The van der Waals surface area contributed by atoms with Crippen molar-refractivity contribution in [3.8, 4) is 22.5 Å². The number of carboxylic acids is 1. The van der Waals surface area contributed by atoms with Crippen molar-refractivity contribution < 1.29 is 47.0 Å². The lowest BCUT2D eigenvalue weighted by Crippen LogP contribution is -2.48. The first kappa shape index (κ1) is 51.3. The predicted molar refractivity (Wildman–Crippen MR) is 239 cm³/mol. The van der Waals surface area contributed by atoms with E-state index in [1.54, 1.807) is 24.3 Å². The molecule has 65 heavy (non-hydrogen) atoms. The van der Waals surface area contributed by atoms with Gasteiger partial charge in [-0.05, 0) is 149 Å². The SMILES string of the molecule is CCN(CC)CCCNC(=O)c1ccc(C)c(-c2ccc(C[C@H](NC(=O)C3CCC(CNC(=O)OC(C)(C)C)CC3)C(=O)Nc3ccc(-c4nn[nH]n4)cc3)cc2)c1.O=C(O)C(F)(F)F. The number of hydrogen-bond donors (Lipinski definition) is 6. The average Bonchev–Trinajstić information content (AvgIpc) is 3.81. The molecule has 1 heterocycles. The van der Waals surface area contributed by atoms with Crippen LogP contribution < -0.4 is 21.3 Å². The normalized spacial score (nSPS) is 15.5. The molecule has 4 amide bonds. The number of anilines is 1. The number of aliphatic carboxylic acids is 1. The van der Waals surface area contributed by atoms with Crippen LogP contribution in [-0.4, -0.2) is 111 Å². The number of aromatic nitrogens is 4. The van der Waals surface area contributed by atoms with E-state index in [4.69, 9.17) is 14.6 Å². The lowest BCUT2D eigenvalue weighted by atomic mass is 9.81. The van der Waals surface area contributed by atoms with Gasteiger partial charge in [-0.25, -0.2) is 9.59 Å². The molecule has 4 aromatic rings. The van der Waals surface area contributed by atoms with Crippen molar-refractivity contribution in [2.45, 2.75) is 97.9 Å². The molecular weight excluding hydrogens is 848 g/mol. The summed E-state index contributed by atoms with van der Waals surface area (Å²) in [7, 11) is 0. The van der Waals surface area contributed by atoms with Crippen molar-refractivity contribution in [3.63, 3.8) is 0 Å². The number of amides is 4. The fourth-order valence-corrected chi connectivity index (χ4v) is 7.16. The minimum Gasteiger partial charge on any atom is -0.475 e. The Morgan fingerprint density at radius 3 is 2.09 bits per heavy atom. The number of H-pyrrole nitrogens is 1. The molecule has 1 saturated carbocycles. The van der Waals surface area contributed by atoms with E-state index in [9.17, 15) is 32.3 Å². The van der Waals surface area contributed by atoms with Gasteiger partial charge in [0.05, 0.1) is 0 Å². The van der Waals surface area contributed by atoms with E-state index in [0.717, 1.165) is 66.7 Å². The highest BCUT2D eigenvalue weighted by Gasteiger charge is 2.38. The van der Waals surface area contributed by atoms with Gasteiger partial charge in [0.1, 0.15) is 11.6 Å². The Balaban J connectivity index is 0.00000122. The fraction of sp³-hybridized carbons (Fsp3) is 0.478. The second-order valence-electron chi connectivity index (χ2n) is 16.8. The minimum atomic E-state index is -5.08. The highest BCUT2D eigenvalue weighted by Crippen LogP contribution is 2.30. The zero-order valence-corrected chi connectivity index (χ0v) is 37.7. The lowest BCUT2D eigenvalue weighted by Gasteiger charge is -2.29. The Bertz CT molecular complexity index is 2170. The Morgan fingerprint density at radius 1 is 0.892 bits per heavy atom. The van der Waals surface area contributed by atoms with Crippen LogP contribution >= 0.6 is 0 Å². The first-order valence-electron chi connectivity index (χ1n) is 21.7. The van der Waals surface area contributed by atoms with Crippen molar-refractivity contribution in [1.82, 2.24) is 41.5 Å². The van der Waals surface area contributed by atoms with Crippen LogP contribution in [0.1, 0.15) is 88.2 Å². The number of carbonyl (C=O) groups excluding carboxylic acids is 4. The van der Waals surface area contributed by atoms with E-state index in [0.29, 0.717) is 43.0 Å². The number of rotatable bonds is 17. The molecule has 1 aliphatic rings. The zero-order chi connectivity index (χ0) is 47.7. The van der Waals surface area contributed by atoms with Gasteiger partial charge in [0.2, 0.25) is 17.6 Å². The summed E-state index contributed by atoms with van der Waals surface area (Å²) >= 11 is 0. The number of nitrogens with one attached hydrogen (secondary N) is 5. The molecule has 352 valence electrons. The standard InChI is InChI=1S/C44H59N9O5.C2HF3O2/c1-7-53(8-2)25-9-24-45-40(54)35-15-10-29(3)37(27-35)32-16-11-30(12-17-32)26-38(42(56)47-36-22-20-33(21-23-36)39-49-51-52-50-39)48-41(55)34-18-13-31(14-19-34)28-46-43(57)58-44(4,5)6;3-2(4,5)1(6)7/h10-12,15-17,20-23,27,31,34,38H,7-9,13-14,18-19,24-26,28H2,1-6H3,(H,45,54)(H,46,57)(H,47,56)(H,48,55)(H,49,50,51,52);(H,6,7)/t31?,34?,38-;/m0./s1. The monoisotopic (exact) mass is 907 g/mol. The summed E-state index contributed by atoms with van der Waals surface area (Å²) < 4.78 is 37.1. The zero-order valence-electron chi connectivity index (χ0n) is 37.7. The maximum absolute atomic E-state index is 13.9. The van der Waals surface area contributed by atoms with Crippen LogP contribution in [0.4, 0.5) is 23.7 Å². The van der Waals surface area contributed by atoms with Gasteiger partial charge in [-0.2, -0.15) is 18.4 Å². The molecule has 0 radical (unpaired) electrons. The molecule has 0 bridgehead atoms. The average molecular weight is 908 g/mol. The number of aryl methyl sites for hydroxylation is 1. The Hall–Kier alpha value is -6.37. The van der Waals surface area contributed by atoms with Gasteiger partial charge in [-0.15, -0.1) is 10.2 Å². The van der Waals surface area contributed by atoms with E-state index in [1.165, 1.54) is 0 Å². The summed E-state index contributed by atoms with van der Waals surface area (Å²) in [5.74, 6) is -2.93. The highest BCUT2D eigenvalue weighted by atomic mass is 19.4. The van der Waals surface area contributed by atoms with E-state index in [2.05, 4.69) is 60.6 Å². The third kappa shape index (κ3) is 16.9. The summed E-state index contributed by atoms with van der Waals surface area (Å²) in [5, 5.41) is 33.1. The van der Waals surface area contributed by atoms with Crippen molar-refractivity contribution in [1.29, 1.82) is 0 Å². The topological polar surface area (TPSA) is 221 Å². The number of halogens is 3. The van der Waals surface area contributed by atoms with Crippen molar-refractivity contribution in [2.24, 2.45) is 11.8 Å². The molecular formula is C46H60F3N9O7. The second-order valence-corrected chi connectivity index (χ2v) is 16.8. The summed E-state index contributed by atoms with van der Waals surface area (Å²) in [4.78, 5) is 64.1. The molecule has 0 unspecified atom stereocenters. The van der Waals surface area contributed by atoms with E-state index < -0.39 is 29.9 Å². The Labute approximate surface area is 376 Å². The number of alkyl carbamates (subject to hydrolysis) is 1. The van der Waals surface area contributed by atoms with Crippen molar-refractivity contribution in [3.05, 3.63) is 83.4 Å². The molecule has 0 spiro atoms. The predicted octanol–water partition coefficient (Wildman–Crippen LogP) is 6.93. The largest absolute Gasteiger partial charge is 0.490 e. The van der Waals surface area contributed by atoms with Gasteiger partial charge in [0, 0.05) is 42.2 Å². The smallest absolute Gasteiger partial charge is 0.475 e. The number of ether oxygens (including phenoxy) is 1. The molecule has 6 N–H and O–H groups in total. The van der Waals surface area contributed by atoms with E-state index in [-0.39, 0.29) is 36.0 Å². The van der Waals surface area contributed by atoms with Crippen LogP contribution in [0.2, 0.25) is 0 Å². The third-order valence-electron chi connectivity index (χ3n) is 10.8. The van der Waals surface area contributed by atoms with Crippen LogP contribution in [0.25, 0.3) is 22.5 Å². The molecule has 16 nitrogen and oxygen atoms in total. The van der Waals surface area contributed by atoms with Gasteiger partial charge in [0.15, 0.2) is 0 Å². The Kier molecular flexibility index (Phi) is 19.0. The maximum atomic E-state index is 13.9. The Morgan fingerprint density at radius 2 is 1.52 bits per heavy atom. The van der Waals surface area contributed by atoms with Crippen LogP contribution in [0, 0.1) is 18.8 Å². The van der Waals surface area contributed by atoms with Gasteiger partial charge >= 0.3 is 18.2 Å². The number of tetrazole rings is 1. The summed E-state index contributed by atoms with van der Waals surface area (Å²) in [6.45, 7) is 15.8. The maximum Gasteiger partial charge on any atom is 0.490 e. The van der Waals surface area contributed by atoms with Crippen LogP contribution in [0.3, 0.4) is 0 Å². The summed E-state index contributed by atoms with van der Waals surface area (Å²) in [6.07, 6.45) is -1.52. The molecule has 0 saturated heterocycles. The van der Waals surface area contributed by atoms with Crippen molar-refractivity contribution >= 4 is 35.5 Å². The molecule has 19 heteroatoms. The van der Waals surface area contributed by atoms with Crippen LogP contribution in [0.15, 0.2) is 66.7 Å². The molecule has 3 aromatic carbocycles. The highest BCUT2D eigenvalue weighted by molar-refractivity contribution is 5.98. The molecule has 1 aliphatic carbocycles. The van der Waals surface area contributed by atoms with Gasteiger partial charge in [0.25, 0.3) is 5.91 Å². The van der Waals surface area contributed by atoms with Gasteiger partial charge in [-0.3, -0.25) is 14.4 Å². The van der Waals surface area contributed by atoms with Gasteiger partial charge < -0.3 is 36.0 Å². The van der Waals surface area contributed by atoms with Crippen LogP contribution in [0.5, 0.6) is 0 Å². The number of benzene rings is 3. The van der Waals surface area contributed by atoms with Crippen LogP contribution in [-0.2, 0) is 25.5 Å². The molecule has 1 atom stereocenters. The molecule has 1 aromatic heterocycles. The van der Waals surface area contributed by atoms with E-state index >= 15 is 0 Å². The number of nitrogens with zero attached hydrogens (tertiary/aromatic N) is 4. The molecule has 0 aliphatic heterocycles. The lowest BCUT2D eigenvalue weighted by molar-refractivity contribution is -0.192. The van der Waals surface area contributed by atoms with Gasteiger partial charge in [-0.1, -0.05) is 44.2 Å². The number of hydrogen-bond acceptors (Lipinski definition) is 10. The minimum absolute atomic E-state index is 0.0996. The first-order valence-corrected chi connectivity index (χ1v) is 21.7. The second kappa shape index (κ2) is 24.1. The number of aromatic amines is 1. The molecule has 5 rings (SSSR count). The van der Waals surface area contributed by atoms with E-state index in [1.807, 2.05) is 70.2 Å². The number of carbonyl (C=O) groups is 5. The summed E-state index contributed by atoms with van der Waals surface area (Å²) in [5.41, 5.74) is 5.13. The van der Waals surface area contributed by atoms with Crippen molar-refractivity contribution in [2.75, 3.05) is 38.0 Å². The molecule has 1 fully saturated rings. The summed E-state index contributed by atoms with van der Waals surface area (Å²) in [6, 6.07) is 19.9. The third-order valence-corrected chi connectivity index (χ3v) is 10.8. The first-order chi connectivity index (χ1) is 30.8.